The van der Waals surface area contributed by atoms with E-state index in [0.29, 0.717) is 49.0 Å². The van der Waals surface area contributed by atoms with Crippen molar-refractivity contribution in [1.29, 1.82) is 0 Å². The topological polar surface area (TPSA) is 52.6 Å². The van der Waals surface area contributed by atoms with E-state index in [1.54, 1.807) is 0 Å². The molecule has 0 bridgehead atoms. The van der Waals surface area contributed by atoms with Crippen LogP contribution in [0.2, 0.25) is 0 Å². The summed E-state index contributed by atoms with van der Waals surface area (Å²) < 4.78 is 38.3. The van der Waals surface area contributed by atoms with Crippen molar-refractivity contribution in [3.63, 3.8) is 0 Å². The fourth-order valence-electron chi connectivity index (χ4n) is 5.99. The summed E-state index contributed by atoms with van der Waals surface area (Å²) in [5, 5.41) is 0. The molecule has 2 atom stereocenters. The zero-order valence-electron chi connectivity index (χ0n) is 20.7. The third-order valence-corrected chi connectivity index (χ3v) is 7.78. The number of carbonyl (C=O) groups excluding carboxylic acids is 1. The van der Waals surface area contributed by atoms with Crippen molar-refractivity contribution in [3.8, 4) is 0 Å². The summed E-state index contributed by atoms with van der Waals surface area (Å²) in [5.74, 6) is 0.777. The lowest BCUT2D eigenvalue weighted by Crippen LogP contribution is -2.52. The molecule has 2 saturated heterocycles. The van der Waals surface area contributed by atoms with Gasteiger partial charge in [0, 0.05) is 51.4 Å². The van der Waals surface area contributed by atoms with Gasteiger partial charge in [-0.2, -0.15) is 13.2 Å². The van der Waals surface area contributed by atoms with Gasteiger partial charge in [-0.15, -0.1) is 0 Å². The molecule has 9 heteroatoms. The first kappa shape index (κ1) is 24.7. The fourth-order valence-corrected chi connectivity index (χ4v) is 5.99. The molecule has 192 valence electrons. The van der Waals surface area contributed by atoms with Gasteiger partial charge in [-0.05, 0) is 43.2 Å². The number of amides is 1. The van der Waals surface area contributed by atoms with Crippen LogP contribution in [0.25, 0.3) is 0 Å². The zero-order chi connectivity index (χ0) is 25.4. The second kappa shape index (κ2) is 9.84. The highest BCUT2D eigenvalue weighted by Crippen LogP contribution is 2.37. The summed E-state index contributed by atoms with van der Waals surface area (Å²) in [5.41, 5.74) is 4.48. The van der Waals surface area contributed by atoms with Crippen LogP contribution < -0.4 is 0 Å². The number of aromatic nitrogens is 2. The summed E-state index contributed by atoms with van der Waals surface area (Å²) in [6.45, 7) is 6.86. The number of benzene rings is 1. The average molecular weight is 500 g/mol. The van der Waals surface area contributed by atoms with Crippen molar-refractivity contribution in [1.82, 2.24) is 24.7 Å². The van der Waals surface area contributed by atoms with Crippen LogP contribution in [-0.4, -0.2) is 82.6 Å². The standard InChI is InChI=1S/C27H32F3N5O/c1-18-25(19(2)32-17-31-18)26(36)35-14-21-10-33(11-22(21)15-35)9-8-24(20-6-4-3-5-7-20)23-12-34(13-23)16-27(28,29)30/h3-7,10,17,22-24H,8-9,11-16H2,1-2H3. The van der Waals surface area contributed by atoms with Gasteiger partial charge in [-0.1, -0.05) is 30.3 Å². The number of likely N-dealkylation sites (tertiary alicyclic amines) is 2. The number of rotatable bonds is 7. The normalized spacial score (nSPS) is 21.4. The Bertz CT molecular complexity index is 1110. The lowest BCUT2D eigenvalue weighted by atomic mass is 9.79. The quantitative estimate of drug-likeness (QED) is 0.576. The van der Waals surface area contributed by atoms with Gasteiger partial charge in [0.2, 0.25) is 0 Å². The molecule has 36 heavy (non-hydrogen) atoms. The molecule has 0 N–H and O–H groups in total. The first-order valence-electron chi connectivity index (χ1n) is 12.5. The Hall–Kier alpha value is -2.94. The highest BCUT2D eigenvalue weighted by Gasteiger charge is 2.41. The van der Waals surface area contributed by atoms with Crippen molar-refractivity contribution in [2.75, 3.05) is 45.8 Å². The maximum absolute atomic E-state index is 13.1. The van der Waals surface area contributed by atoms with E-state index in [4.69, 9.17) is 0 Å². The Morgan fingerprint density at radius 1 is 1.06 bits per heavy atom. The van der Waals surface area contributed by atoms with Crippen LogP contribution in [0.3, 0.4) is 0 Å². The van der Waals surface area contributed by atoms with E-state index in [-0.39, 0.29) is 17.7 Å². The zero-order valence-corrected chi connectivity index (χ0v) is 20.7. The molecular formula is C27H32F3N5O. The molecule has 2 fully saturated rings. The van der Waals surface area contributed by atoms with Gasteiger partial charge >= 0.3 is 6.18 Å². The number of fused-ring (bicyclic) bond motifs is 1. The van der Waals surface area contributed by atoms with E-state index >= 15 is 0 Å². The molecule has 4 heterocycles. The Morgan fingerprint density at radius 2 is 1.75 bits per heavy atom. The highest BCUT2D eigenvalue weighted by molar-refractivity contribution is 5.96. The highest BCUT2D eigenvalue weighted by atomic mass is 19.4. The molecule has 6 nitrogen and oxygen atoms in total. The molecule has 0 aliphatic carbocycles. The second-order valence-electron chi connectivity index (χ2n) is 10.4. The first-order valence-corrected chi connectivity index (χ1v) is 12.5. The maximum Gasteiger partial charge on any atom is 0.401 e. The van der Waals surface area contributed by atoms with Crippen LogP contribution in [0.5, 0.6) is 0 Å². The van der Waals surface area contributed by atoms with Crippen molar-refractivity contribution in [2.24, 2.45) is 11.8 Å². The van der Waals surface area contributed by atoms with Crippen LogP contribution in [0.15, 0.2) is 48.4 Å². The van der Waals surface area contributed by atoms with Gasteiger partial charge in [0.25, 0.3) is 5.91 Å². The van der Waals surface area contributed by atoms with E-state index in [2.05, 4.69) is 33.2 Å². The minimum Gasteiger partial charge on any atom is -0.377 e. The van der Waals surface area contributed by atoms with E-state index in [1.807, 2.05) is 36.9 Å². The van der Waals surface area contributed by atoms with Crippen LogP contribution in [0, 0.1) is 25.7 Å². The number of carbonyl (C=O) groups is 1. The van der Waals surface area contributed by atoms with Crippen LogP contribution >= 0.6 is 0 Å². The minimum atomic E-state index is -4.15. The predicted octanol–water partition coefficient (Wildman–Crippen LogP) is 4.03. The minimum absolute atomic E-state index is 0.00927. The first-order chi connectivity index (χ1) is 17.2. The van der Waals surface area contributed by atoms with E-state index in [0.717, 1.165) is 19.5 Å². The Labute approximate surface area is 209 Å². The third kappa shape index (κ3) is 5.26. The van der Waals surface area contributed by atoms with Crippen LogP contribution in [0.1, 0.15) is 39.6 Å². The summed E-state index contributed by atoms with van der Waals surface area (Å²) in [7, 11) is 0. The Kier molecular flexibility index (Phi) is 6.76. The molecule has 0 spiro atoms. The summed E-state index contributed by atoms with van der Waals surface area (Å²) in [6, 6.07) is 10.2. The molecule has 2 unspecified atom stereocenters. The number of hydrogen-bond donors (Lipinski definition) is 0. The fraction of sp³-hybridized carbons (Fsp3) is 0.519. The SMILES string of the molecule is Cc1ncnc(C)c1C(=O)N1CC2=CN(CCC(c3ccccc3)C3CN(CC(F)(F)F)C3)CC2C1. The van der Waals surface area contributed by atoms with Gasteiger partial charge < -0.3 is 9.80 Å². The van der Waals surface area contributed by atoms with Gasteiger partial charge in [-0.25, -0.2) is 9.97 Å². The summed E-state index contributed by atoms with van der Waals surface area (Å²) in [4.78, 5) is 27.2. The molecule has 5 rings (SSSR count). The number of alkyl halides is 3. The number of hydrogen-bond acceptors (Lipinski definition) is 5. The average Bonchev–Trinajstić information content (AvgIpc) is 3.36. The number of nitrogens with zero attached hydrogens (tertiary/aromatic N) is 5. The largest absolute Gasteiger partial charge is 0.401 e. The van der Waals surface area contributed by atoms with Crippen molar-refractivity contribution >= 4 is 5.91 Å². The molecule has 0 saturated carbocycles. The van der Waals surface area contributed by atoms with E-state index in [9.17, 15) is 18.0 Å². The monoisotopic (exact) mass is 499 g/mol. The van der Waals surface area contributed by atoms with Crippen LogP contribution in [0.4, 0.5) is 13.2 Å². The van der Waals surface area contributed by atoms with Gasteiger partial charge in [0.15, 0.2) is 0 Å². The van der Waals surface area contributed by atoms with Gasteiger partial charge in [-0.3, -0.25) is 9.69 Å². The number of halogens is 3. The van der Waals surface area contributed by atoms with Crippen LogP contribution in [-0.2, 0) is 0 Å². The second-order valence-corrected chi connectivity index (χ2v) is 10.4. The van der Waals surface area contributed by atoms with Crippen molar-refractivity contribution in [3.05, 3.63) is 70.9 Å². The molecule has 3 aliphatic heterocycles. The maximum atomic E-state index is 13.1. The molecule has 2 aromatic rings. The van der Waals surface area contributed by atoms with Crippen molar-refractivity contribution in [2.45, 2.75) is 32.4 Å². The molecule has 3 aliphatic rings. The summed E-state index contributed by atoms with van der Waals surface area (Å²) in [6.07, 6.45) is 0.430. The smallest absolute Gasteiger partial charge is 0.377 e. The van der Waals surface area contributed by atoms with Crippen molar-refractivity contribution < 1.29 is 18.0 Å². The lowest BCUT2D eigenvalue weighted by molar-refractivity contribution is -0.159. The molecule has 1 aromatic heterocycles. The Morgan fingerprint density at radius 3 is 2.39 bits per heavy atom. The lowest BCUT2D eigenvalue weighted by Gasteiger charge is -2.44. The molecule has 1 amide bonds. The predicted molar refractivity (Wildman–Crippen MR) is 130 cm³/mol. The third-order valence-electron chi connectivity index (χ3n) is 7.78. The Balaban J connectivity index is 1.19. The molecular weight excluding hydrogens is 467 g/mol. The van der Waals surface area contributed by atoms with Gasteiger partial charge in [0.1, 0.15) is 6.33 Å². The van der Waals surface area contributed by atoms with E-state index in [1.165, 1.54) is 22.4 Å². The molecule has 1 aromatic carbocycles. The summed E-state index contributed by atoms with van der Waals surface area (Å²) >= 11 is 0. The van der Waals surface area contributed by atoms with Gasteiger partial charge in [0.05, 0.1) is 23.5 Å². The number of aryl methyl sites for hydroxylation is 2. The van der Waals surface area contributed by atoms with E-state index < -0.39 is 12.7 Å². The molecule has 0 radical (unpaired) electrons.